The minimum atomic E-state index is -3.94. The van der Waals surface area contributed by atoms with Crippen LogP contribution in [0.5, 0.6) is 11.5 Å². The second-order valence-corrected chi connectivity index (χ2v) is 12.1. The molecule has 1 heterocycles. The Morgan fingerprint density at radius 3 is 2.30 bits per heavy atom. The van der Waals surface area contributed by atoms with Gasteiger partial charge in [-0.1, -0.05) is 0 Å². The molecule has 3 rings (SSSR count). The standard InChI is InChI=1S/C25H33IN4O6S/c1-16-10-19(35-4)13-20(26)25(16)37(33,34)30(3)15-24(32)27-14-23(31)28-21-11-17-6-8-29(2)9-7-18(17)12-22(21)36-5/h10-13H,6-9,14-15H2,1-5H3,(H,27,32)(H,28,31). The number of benzene rings is 2. The lowest BCUT2D eigenvalue weighted by atomic mass is 10.0. The van der Waals surface area contributed by atoms with Crippen molar-refractivity contribution >= 4 is 50.1 Å². The number of carbonyl (C=O) groups excluding carboxylic acids is 2. The van der Waals surface area contributed by atoms with Gasteiger partial charge in [0, 0.05) is 23.7 Å². The average molecular weight is 645 g/mol. The lowest BCUT2D eigenvalue weighted by Crippen LogP contribution is -2.41. The number of methoxy groups -OCH3 is 2. The number of ether oxygens (including phenoxy) is 2. The van der Waals surface area contributed by atoms with Crippen molar-refractivity contribution in [1.82, 2.24) is 14.5 Å². The summed E-state index contributed by atoms with van der Waals surface area (Å²) in [6.45, 7) is 2.80. The predicted octanol–water partition coefficient (Wildman–Crippen LogP) is 2.02. The average Bonchev–Trinajstić information content (AvgIpc) is 3.02. The summed E-state index contributed by atoms with van der Waals surface area (Å²) in [7, 11) is 2.52. The van der Waals surface area contributed by atoms with E-state index in [0.29, 0.717) is 26.3 Å². The normalized spacial score (nSPS) is 14.0. The van der Waals surface area contributed by atoms with Crippen LogP contribution < -0.4 is 20.1 Å². The van der Waals surface area contributed by atoms with Gasteiger partial charge in [0.1, 0.15) is 11.5 Å². The van der Waals surface area contributed by atoms with Crippen LogP contribution in [0.25, 0.3) is 0 Å². The Labute approximate surface area is 231 Å². The number of aryl methyl sites for hydroxylation is 1. The molecule has 0 radical (unpaired) electrons. The number of halogens is 1. The third-order valence-electron chi connectivity index (χ3n) is 6.24. The van der Waals surface area contributed by atoms with Gasteiger partial charge < -0.3 is 25.0 Å². The van der Waals surface area contributed by atoms with Crippen LogP contribution in [0.4, 0.5) is 5.69 Å². The maximum Gasteiger partial charge on any atom is 0.244 e. The molecule has 2 N–H and O–H groups in total. The second kappa shape index (κ2) is 12.4. The van der Waals surface area contributed by atoms with Crippen LogP contribution >= 0.6 is 22.6 Å². The van der Waals surface area contributed by atoms with Crippen molar-refractivity contribution in [2.75, 3.05) is 59.8 Å². The van der Waals surface area contributed by atoms with E-state index in [1.165, 1.54) is 19.7 Å². The van der Waals surface area contributed by atoms with Crippen molar-refractivity contribution in [3.8, 4) is 11.5 Å². The molecule has 12 heteroatoms. The number of fused-ring (bicyclic) bond motifs is 1. The number of nitrogens with one attached hydrogen (secondary N) is 2. The van der Waals surface area contributed by atoms with Crippen molar-refractivity contribution in [1.29, 1.82) is 0 Å². The smallest absolute Gasteiger partial charge is 0.244 e. The molecule has 0 unspecified atom stereocenters. The van der Waals surface area contributed by atoms with E-state index in [1.54, 1.807) is 26.2 Å². The molecule has 0 atom stereocenters. The zero-order chi connectivity index (χ0) is 27.3. The summed E-state index contributed by atoms with van der Waals surface area (Å²) in [5.74, 6) is 0.0618. The maximum absolute atomic E-state index is 13.1. The van der Waals surface area contributed by atoms with Crippen LogP contribution in [0, 0.1) is 10.5 Å². The Kier molecular flexibility index (Phi) is 9.78. The van der Waals surface area contributed by atoms with Crippen LogP contribution in [-0.4, -0.2) is 83.9 Å². The minimum absolute atomic E-state index is 0.114. The van der Waals surface area contributed by atoms with E-state index in [-0.39, 0.29) is 11.4 Å². The molecule has 0 bridgehead atoms. The first-order chi connectivity index (χ1) is 17.5. The quantitative estimate of drug-likeness (QED) is 0.402. The molecule has 10 nitrogen and oxygen atoms in total. The van der Waals surface area contributed by atoms with E-state index in [4.69, 9.17) is 9.47 Å². The summed E-state index contributed by atoms with van der Waals surface area (Å²) >= 11 is 1.93. The predicted molar refractivity (Wildman–Crippen MR) is 150 cm³/mol. The van der Waals surface area contributed by atoms with Gasteiger partial charge >= 0.3 is 0 Å². The Morgan fingerprint density at radius 1 is 1.05 bits per heavy atom. The zero-order valence-corrected chi connectivity index (χ0v) is 24.7. The molecule has 0 saturated heterocycles. The molecular weight excluding hydrogens is 611 g/mol. The van der Waals surface area contributed by atoms with Crippen LogP contribution in [0.3, 0.4) is 0 Å². The van der Waals surface area contributed by atoms with Crippen LogP contribution in [0.2, 0.25) is 0 Å². The van der Waals surface area contributed by atoms with Crippen LogP contribution in [-0.2, 0) is 32.5 Å². The molecule has 37 heavy (non-hydrogen) atoms. The first-order valence-electron chi connectivity index (χ1n) is 11.7. The second-order valence-electron chi connectivity index (χ2n) is 8.97. The number of carbonyl (C=O) groups is 2. The van der Waals surface area contributed by atoms with Crippen molar-refractivity contribution in [3.63, 3.8) is 0 Å². The van der Waals surface area contributed by atoms with Gasteiger partial charge in [-0.3, -0.25) is 9.59 Å². The third-order valence-corrected chi connectivity index (χ3v) is 9.47. The Bertz CT molecular complexity index is 1260. The SMILES string of the molecule is COc1cc(C)c(S(=O)(=O)N(C)CC(=O)NCC(=O)Nc2cc3c(cc2OC)CCN(C)CC3)c(I)c1. The Hall–Kier alpha value is -2.42. The molecule has 1 aliphatic heterocycles. The molecule has 2 aromatic rings. The number of sulfonamides is 1. The minimum Gasteiger partial charge on any atom is -0.497 e. The van der Waals surface area contributed by atoms with Crippen molar-refractivity contribution < 1.29 is 27.5 Å². The molecule has 202 valence electrons. The Balaban J connectivity index is 1.62. The van der Waals surface area contributed by atoms with Crippen molar-refractivity contribution in [2.45, 2.75) is 24.7 Å². The summed E-state index contributed by atoms with van der Waals surface area (Å²) in [6, 6.07) is 7.12. The highest BCUT2D eigenvalue weighted by Gasteiger charge is 2.28. The molecule has 0 aromatic heterocycles. The Morgan fingerprint density at radius 2 is 1.70 bits per heavy atom. The van der Waals surface area contributed by atoms with E-state index in [9.17, 15) is 18.0 Å². The number of amides is 2. The third kappa shape index (κ3) is 7.12. The van der Waals surface area contributed by atoms with Gasteiger partial charge in [-0.25, -0.2) is 8.42 Å². The van der Waals surface area contributed by atoms with Gasteiger partial charge in [0.25, 0.3) is 0 Å². The topological polar surface area (TPSA) is 117 Å². The maximum atomic E-state index is 13.1. The van der Waals surface area contributed by atoms with Crippen LogP contribution in [0.1, 0.15) is 16.7 Å². The number of anilines is 1. The summed E-state index contributed by atoms with van der Waals surface area (Å²) in [4.78, 5) is 27.5. The van der Waals surface area contributed by atoms with Crippen LogP contribution in [0.15, 0.2) is 29.2 Å². The summed E-state index contributed by atoms with van der Waals surface area (Å²) < 4.78 is 38.4. The molecular formula is C25H33IN4O6S. The number of hydrogen-bond acceptors (Lipinski definition) is 7. The van der Waals surface area contributed by atoms with E-state index >= 15 is 0 Å². The van der Waals surface area contributed by atoms with Gasteiger partial charge in [-0.05, 0) is 90.4 Å². The van der Waals surface area contributed by atoms with E-state index in [0.717, 1.165) is 35.8 Å². The molecule has 0 spiro atoms. The highest BCUT2D eigenvalue weighted by atomic mass is 127. The van der Waals surface area contributed by atoms with E-state index in [2.05, 4.69) is 22.6 Å². The monoisotopic (exact) mass is 644 g/mol. The molecule has 0 saturated carbocycles. The molecule has 0 aliphatic carbocycles. The largest absolute Gasteiger partial charge is 0.497 e. The molecule has 2 aromatic carbocycles. The number of nitrogens with zero attached hydrogens (tertiary/aromatic N) is 2. The first-order valence-corrected chi connectivity index (χ1v) is 14.2. The molecule has 0 fully saturated rings. The van der Waals surface area contributed by atoms with Gasteiger partial charge in [0.05, 0.1) is 37.9 Å². The van der Waals surface area contributed by atoms with Gasteiger partial charge in [0.2, 0.25) is 21.8 Å². The highest BCUT2D eigenvalue weighted by molar-refractivity contribution is 14.1. The number of likely N-dealkylation sites (N-methyl/N-ethyl adjacent to an activating group) is 2. The van der Waals surface area contributed by atoms with Gasteiger partial charge in [0.15, 0.2) is 0 Å². The van der Waals surface area contributed by atoms with Gasteiger partial charge in [-0.15, -0.1) is 0 Å². The zero-order valence-electron chi connectivity index (χ0n) is 21.7. The summed E-state index contributed by atoms with van der Waals surface area (Å²) in [5.41, 5.74) is 3.39. The van der Waals surface area contributed by atoms with Crippen molar-refractivity contribution in [3.05, 3.63) is 44.5 Å². The van der Waals surface area contributed by atoms with Crippen molar-refractivity contribution in [2.24, 2.45) is 0 Å². The molecule has 1 aliphatic rings. The summed E-state index contributed by atoms with van der Waals surface area (Å²) in [6.07, 6.45) is 1.76. The number of rotatable bonds is 9. The lowest BCUT2D eigenvalue weighted by Gasteiger charge is -2.20. The summed E-state index contributed by atoms with van der Waals surface area (Å²) in [5, 5.41) is 5.29. The van der Waals surface area contributed by atoms with Gasteiger partial charge in [-0.2, -0.15) is 4.31 Å². The fourth-order valence-corrected chi connectivity index (χ4v) is 7.09. The first kappa shape index (κ1) is 29.1. The molecule has 2 amide bonds. The van der Waals surface area contributed by atoms with E-state index < -0.39 is 28.4 Å². The lowest BCUT2D eigenvalue weighted by molar-refractivity contribution is -0.124. The fraction of sp³-hybridized carbons (Fsp3) is 0.440. The number of hydrogen-bond donors (Lipinski definition) is 2. The highest BCUT2D eigenvalue weighted by Crippen LogP contribution is 2.31. The van der Waals surface area contributed by atoms with E-state index in [1.807, 2.05) is 34.7 Å². The fourth-order valence-electron chi connectivity index (χ4n) is 4.15.